The molecule has 0 saturated heterocycles. The van der Waals surface area contributed by atoms with Crippen molar-refractivity contribution in [2.45, 2.75) is 69.1 Å². The molecule has 0 N–H and O–H groups in total. The summed E-state index contributed by atoms with van der Waals surface area (Å²) in [4.78, 5) is 0. The molecule has 0 rings (SSSR count). The molecule has 0 saturated carbocycles. The summed E-state index contributed by atoms with van der Waals surface area (Å²) in [6.45, 7) is 6.96. The summed E-state index contributed by atoms with van der Waals surface area (Å²) in [5, 5.41) is 0. The van der Waals surface area contributed by atoms with E-state index in [0.29, 0.717) is 0 Å². The number of hydrogen-bond acceptors (Lipinski definition) is 0. The Hall–Kier alpha value is 0.799. The van der Waals surface area contributed by atoms with E-state index in [1.807, 2.05) is 0 Å². The summed E-state index contributed by atoms with van der Waals surface area (Å²) in [5.41, 5.74) is 0. The first-order valence-corrected chi connectivity index (χ1v) is 6.86. The van der Waals surface area contributed by atoms with Crippen LogP contribution >= 0.6 is 0 Å². The third kappa shape index (κ3) is 5.45. The third-order valence-corrected chi connectivity index (χ3v) is 5.13. The zero-order valence-electron chi connectivity index (χ0n) is 8.95. The van der Waals surface area contributed by atoms with E-state index >= 15 is 0 Å². The molecule has 0 aliphatic rings. The number of unbranched alkanes of at least 4 members (excludes halogenated alkanes) is 2. The van der Waals surface area contributed by atoms with Gasteiger partial charge in [0.2, 0.25) is 0 Å². The molecule has 0 aliphatic heterocycles. The Bertz CT molecular complexity index is 91.2. The molecule has 0 fully saturated rings. The molecule has 0 bridgehead atoms. The van der Waals surface area contributed by atoms with Crippen LogP contribution in [0.5, 0.6) is 0 Å². The predicted octanol–water partition coefficient (Wildman–Crippen LogP) is 4.10. The van der Waals surface area contributed by atoms with Crippen molar-refractivity contribution in [2.24, 2.45) is 0 Å². The van der Waals surface area contributed by atoms with Crippen molar-refractivity contribution in [2.75, 3.05) is 0 Å². The van der Waals surface area contributed by atoms with Crippen molar-refractivity contribution in [3.8, 4) is 0 Å². The standard InChI is InChI=1S/C11H23.Sn/c1-4-7-9-11(6-3)10-8-5-2;/h4-10H2,1-3H3;/q;+3. The predicted molar refractivity (Wildman–Crippen MR) is 57.8 cm³/mol. The van der Waals surface area contributed by atoms with Crippen molar-refractivity contribution < 1.29 is 0 Å². The molecule has 0 nitrogen and oxygen atoms in total. The van der Waals surface area contributed by atoms with Gasteiger partial charge in [0.05, 0.1) is 0 Å². The summed E-state index contributed by atoms with van der Waals surface area (Å²) in [7, 11) is 0. The first kappa shape index (κ1) is 12.8. The fourth-order valence-corrected chi connectivity index (χ4v) is 2.52. The van der Waals surface area contributed by atoms with E-state index < -0.39 is 0 Å². The molecule has 0 atom stereocenters. The van der Waals surface area contributed by atoms with E-state index in [4.69, 9.17) is 0 Å². The van der Waals surface area contributed by atoms with Gasteiger partial charge in [-0.05, 0) is 0 Å². The van der Waals surface area contributed by atoms with Gasteiger partial charge in [0.15, 0.2) is 0 Å². The SMILES string of the molecule is CCCC[C]([Sn+3])(CC)CCCC. The van der Waals surface area contributed by atoms with E-state index in [1.165, 1.54) is 44.9 Å². The first-order chi connectivity index (χ1) is 5.68. The van der Waals surface area contributed by atoms with Crippen LogP contribution in [-0.2, 0) is 0 Å². The Morgan fingerprint density at radius 1 is 0.917 bits per heavy atom. The Labute approximate surface area is 91.6 Å². The van der Waals surface area contributed by atoms with Crippen molar-refractivity contribution >= 4 is 22.5 Å². The van der Waals surface area contributed by atoms with Crippen molar-refractivity contribution in [1.29, 1.82) is 0 Å². The first-order valence-electron chi connectivity index (χ1n) is 5.43. The van der Waals surface area contributed by atoms with Gasteiger partial charge >= 0.3 is 91.7 Å². The molecule has 1 heteroatoms. The van der Waals surface area contributed by atoms with Crippen LogP contribution in [-0.4, -0.2) is 22.5 Å². The van der Waals surface area contributed by atoms with E-state index in [2.05, 4.69) is 20.8 Å². The van der Waals surface area contributed by atoms with Crippen LogP contribution in [0.2, 0.25) is 3.43 Å². The molecule has 0 aromatic rings. The van der Waals surface area contributed by atoms with Gasteiger partial charge in [0.1, 0.15) is 0 Å². The second-order valence-corrected chi connectivity index (χ2v) is 6.87. The van der Waals surface area contributed by atoms with Crippen LogP contribution in [0.25, 0.3) is 0 Å². The topological polar surface area (TPSA) is 0 Å². The van der Waals surface area contributed by atoms with Crippen molar-refractivity contribution in [1.82, 2.24) is 0 Å². The molecule has 68 valence electrons. The molecular formula is C11H23Sn+3. The molecule has 0 spiro atoms. The minimum atomic E-state index is 0.735. The summed E-state index contributed by atoms with van der Waals surface area (Å²) >= 11 is 1.77. The summed E-state index contributed by atoms with van der Waals surface area (Å²) in [6.07, 6.45) is 9.93. The van der Waals surface area contributed by atoms with Gasteiger partial charge in [-0.15, -0.1) is 0 Å². The molecular weight excluding hydrogens is 251 g/mol. The van der Waals surface area contributed by atoms with Gasteiger partial charge in [-0.3, -0.25) is 0 Å². The van der Waals surface area contributed by atoms with Crippen LogP contribution < -0.4 is 0 Å². The fourth-order valence-electron chi connectivity index (χ4n) is 1.51. The van der Waals surface area contributed by atoms with E-state index in [1.54, 1.807) is 22.5 Å². The number of hydrogen-bond donors (Lipinski definition) is 0. The third-order valence-electron chi connectivity index (χ3n) is 2.69. The second-order valence-electron chi connectivity index (χ2n) is 3.84. The molecule has 0 heterocycles. The van der Waals surface area contributed by atoms with Crippen LogP contribution in [0, 0.1) is 0 Å². The van der Waals surface area contributed by atoms with Gasteiger partial charge in [0, 0.05) is 0 Å². The van der Waals surface area contributed by atoms with E-state index in [-0.39, 0.29) is 0 Å². The average Bonchev–Trinajstić information content (AvgIpc) is 2.11. The molecule has 0 radical (unpaired) electrons. The zero-order valence-corrected chi connectivity index (χ0v) is 11.8. The van der Waals surface area contributed by atoms with Gasteiger partial charge in [-0.25, -0.2) is 0 Å². The van der Waals surface area contributed by atoms with Gasteiger partial charge in [0.25, 0.3) is 0 Å². The van der Waals surface area contributed by atoms with Gasteiger partial charge in [-0.2, -0.15) is 0 Å². The monoisotopic (exact) mass is 275 g/mol. The summed E-state index contributed by atoms with van der Waals surface area (Å²) < 4.78 is 0.735. The number of rotatable bonds is 7. The quantitative estimate of drug-likeness (QED) is 0.613. The second kappa shape index (κ2) is 7.23. The van der Waals surface area contributed by atoms with Crippen LogP contribution in [0.4, 0.5) is 0 Å². The molecule has 12 heavy (non-hydrogen) atoms. The van der Waals surface area contributed by atoms with Crippen LogP contribution in [0.3, 0.4) is 0 Å². The molecule has 0 aromatic heterocycles. The molecule has 0 amide bonds. The molecule has 0 unspecified atom stereocenters. The molecule has 0 aromatic carbocycles. The van der Waals surface area contributed by atoms with Crippen LogP contribution in [0.1, 0.15) is 65.7 Å². The maximum atomic E-state index is 2.36. The minimum absolute atomic E-state index is 0.735. The summed E-state index contributed by atoms with van der Waals surface area (Å²) in [6, 6.07) is 0. The van der Waals surface area contributed by atoms with Gasteiger partial charge < -0.3 is 0 Å². The Morgan fingerprint density at radius 2 is 1.33 bits per heavy atom. The Morgan fingerprint density at radius 3 is 1.58 bits per heavy atom. The normalized spacial score (nSPS) is 12.1. The van der Waals surface area contributed by atoms with Crippen molar-refractivity contribution in [3.05, 3.63) is 0 Å². The van der Waals surface area contributed by atoms with Crippen molar-refractivity contribution in [3.63, 3.8) is 0 Å². The van der Waals surface area contributed by atoms with Crippen LogP contribution in [0.15, 0.2) is 0 Å². The Balaban J connectivity index is 3.70. The summed E-state index contributed by atoms with van der Waals surface area (Å²) in [5.74, 6) is 0. The average molecular weight is 274 g/mol. The van der Waals surface area contributed by atoms with E-state index in [0.717, 1.165) is 3.43 Å². The maximum absolute atomic E-state index is 2.36. The zero-order chi connectivity index (χ0) is 9.45. The van der Waals surface area contributed by atoms with Gasteiger partial charge in [-0.1, -0.05) is 0 Å². The van der Waals surface area contributed by atoms with E-state index in [9.17, 15) is 0 Å². The Kier molecular flexibility index (Phi) is 7.71. The molecule has 0 aliphatic carbocycles. The fraction of sp³-hybridized carbons (Fsp3) is 1.00.